The van der Waals surface area contributed by atoms with Gasteiger partial charge in [-0.2, -0.15) is 0 Å². The molecule has 2 amide bonds. The van der Waals surface area contributed by atoms with Crippen LogP contribution in [0.1, 0.15) is 32.7 Å². The van der Waals surface area contributed by atoms with Gasteiger partial charge in [-0.15, -0.1) is 0 Å². The van der Waals surface area contributed by atoms with Crippen molar-refractivity contribution in [3.05, 3.63) is 88.0 Å². The molecule has 0 spiro atoms. The third kappa shape index (κ3) is 5.16. The van der Waals surface area contributed by atoms with Gasteiger partial charge in [-0.1, -0.05) is 34.1 Å². The predicted octanol–water partition coefficient (Wildman–Crippen LogP) is 4.76. The standard InChI is InChI=1S/C25H25BrN4O2/c1-18-5-2-3-6-22(18)24(31)28-21-11-12-23(27-17-21)29-13-4-14-30(16-15-29)25(32)19-7-9-20(26)10-8-19/h2-3,5-12,17H,4,13-16H2,1H3,(H,28,31). The zero-order chi connectivity index (χ0) is 22.5. The highest BCUT2D eigenvalue weighted by atomic mass is 79.9. The lowest BCUT2D eigenvalue weighted by atomic mass is 10.1. The van der Waals surface area contributed by atoms with Gasteiger partial charge in [0.05, 0.1) is 11.9 Å². The fourth-order valence-corrected chi connectivity index (χ4v) is 4.06. The van der Waals surface area contributed by atoms with Crippen LogP contribution in [0.15, 0.2) is 71.3 Å². The molecule has 1 N–H and O–H groups in total. The summed E-state index contributed by atoms with van der Waals surface area (Å²) < 4.78 is 0.959. The van der Waals surface area contributed by atoms with E-state index in [1.807, 2.05) is 72.5 Å². The Balaban J connectivity index is 1.37. The molecule has 0 radical (unpaired) electrons. The smallest absolute Gasteiger partial charge is 0.255 e. The van der Waals surface area contributed by atoms with E-state index in [-0.39, 0.29) is 11.8 Å². The van der Waals surface area contributed by atoms with Gasteiger partial charge in [0, 0.05) is 41.8 Å². The first-order valence-corrected chi connectivity index (χ1v) is 11.4. The Labute approximate surface area is 196 Å². The van der Waals surface area contributed by atoms with Crippen LogP contribution >= 0.6 is 15.9 Å². The maximum atomic E-state index is 12.8. The van der Waals surface area contributed by atoms with E-state index in [1.165, 1.54) is 0 Å². The number of halogens is 1. The highest BCUT2D eigenvalue weighted by molar-refractivity contribution is 9.10. The van der Waals surface area contributed by atoms with Crippen LogP contribution in [0.3, 0.4) is 0 Å². The van der Waals surface area contributed by atoms with Gasteiger partial charge in [-0.3, -0.25) is 9.59 Å². The molecule has 3 aromatic rings. The summed E-state index contributed by atoms with van der Waals surface area (Å²) in [5.74, 6) is 0.757. The number of benzene rings is 2. The molecule has 2 aromatic carbocycles. The van der Waals surface area contributed by atoms with Crippen molar-refractivity contribution in [2.75, 3.05) is 36.4 Å². The number of rotatable bonds is 4. The Hall–Kier alpha value is -3.19. The molecular formula is C25H25BrN4O2. The van der Waals surface area contributed by atoms with Gasteiger partial charge < -0.3 is 15.1 Å². The second-order valence-corrected chi connectivity index (χ2v) is 8.73. The van der Waals surface area contributed by atoms with E-state index >= 15 is 0 Å². The third-order valence-corrected chi connectivity index (χ3v) is 6.12. The summed E-state index contributed by atoms with van der Waals surface area (Å²) >= 11 is 3.41. The molecule has 2 heterocycles. The summed E-state index contributed by atoms with van der Waals surface area (Å²) in [5, 5.41) is 2.91. The number of amides is 2. The van der Waals surface area contributed by atoms with Gasteiger partial charge in [-0.05, 0) is 61.4 Å². The Morgan fingerprint density at radius 3 is 2.44 bits per heavy atom. The number of aryl methyl sites for hydroxylation is 1. The van der Waals surface area contributed by atoms with Crippen LogP contribution in [0, 0.1) is 6.92 Å². The van der Waals surface area contributed by atoms with E-state index in [4.69, 9.17) is 0 Å². The number of nitrogens with zero attached hydrogens (tertiary/aromatic N) is 3. The number of aromatic nitrogens is 1. The molecule has 7 heteroatoms. The number of anilines is 2. The van der Waals surface area contributed by atoms with E-state index in [2.05, 4.69) is 31.1 Å². The van der Waals surface area contributed by atoms with Gasteiger partial charge in [0.2, 0.25) is 0 Å². The van der Waals surface area contributed by atoms with Gasteiger partial charge in [-0.25, -0.2) is 4.98 Å². The Morgan fingerprint density at radius 2 is 1.72 bits per heavy atom. The molecule has 1 saturated heterocycles. The first kappa shape index (κ1) is 22.0. The second kappa shape index (κ2) is 9.96. The monoisotopic (exact) mass is 492 g/mol. The maximum Gasteiger partial charge on any atom is 0.255 e. The molecule has 1 aliphatic heterocycles. The van der Waals surface area contributed by atoms with Crippen LogP contribution in [0.25, 0.3) is 0 Å². The molecule has 164 valence electrons. The summed E-state index contributed by atoms with van der Waals surface area (Å²) in [5.41, 5.74) is 2.94. The van der Waals surface area contributed by atoms with Crippen LogP contribution in [0.5, 0.6) is 0 Å². The molecule has 0 unspecified atom stereocenters. The topological polar surface area (TPSA) is 65.5 Å². The molecule has 0 aliphatic carbocycles. The minimum Gasteiger partial charge on any atom is -0.355 e. The minimum atomic E-state index is -0.144. The Bertz CT molecular complexity index is 1100. The highest BCUT2D eigenvalue weighted by Crippen LogP contribution is 2.19. The van der Waals surface area contributed by atoms with Crippen LogP contribution in [-0.4, -0.2) is 47.9 Å². The molecule has 1 aromatic heterocycles. The third-order valence-electron chi connectivity index (χ3n) is 5.59. The molecule has 1 fully saturated rings. The number of pyridine rings is 1. The number of hydrogen-bond donors (Lipinski definition) is 1. The zero-order valence-corrected chi connectivity index (χ0v) is 19.5. The van der Waals surface area contributed by atoms with E-state index in [0.29, 0.717) is 29.9 Å². The average Bonchev–Trinajstić information content (AvgIpc) is 3.06. The van der Waals surface area contributed by atoms with Crippen LogP contribution < -0.4 is 10.2 Å². The summed E-state index contributed by atoms with van der Waals surface area (Å²) in [6, 6.07) is 18.8. The predicted molar refractivity (Wildman–Crippen MR) is 130 cm³/mol. The van der Waals surface area contributed by atoms with Gasteiger partial charge in [0.1, 0.15) is 5.82 Å². The minimum absolute atomic E-state index is 0.0570. The van der Waals surface area contributed by atoms with Crippen molar-refractivity contribution in [2.24, 2.45) is 0 Å². The first-order valence-electron chi connectivity index (χ1n) is 10.6. The number of nitrogens with one attached hydrogen (secondary N) is 1. The molecule has 4 rings (SSSR count). The van der Waals surface area contributed by atoms with Crippen molar-refractivity contribution in [1.82, 2.24) is 9.88 Å². The second-order valence-electron chi connectivity index (χ2n) is 7.81. The first-order chi connectivity index (χ1) is 15.5. The summed E-state index contributed by atoms with van der Waals surface area (Å²) in [7, 11) is 0. The zero-order valence-electron chi connectivity index (χ0n) is 17.9. The SMILES string of the molecule is Cc1ccccc1C(=O)Nc1ccc(N2CCCN(C(=O)c3ccc(Br)cc3)CC2)nc1. The van der Waals surface area contributed by atoms with Crippen molar-refractivity contribution in [3.8, 4) is 0 Å². The number of carbonyl (C=O) groups is 2. The largest absolute Gasteiger partial charge is 0.355 e. The summed E-state index contributed by atoms with van der Waals surface area (Å²) in [6.07, 6.45) is 2.55. The molecule has 32 heavy (non-hydrogen) atoms. The van der Waals surface area contributed by atoms with Gasteiger partial charge in [0.15, 0.2) is 0 Å². The summed E-state index contributed by atoms with van der Waals surface area (Å²) in [6.45, 7) is 4.81. The normalized spacial score (nSPS) is 14.1. The number of hydrogen-bond acceptors (Lipinski definition) is 4. The van der Waals surface area contributed by atoms with Crippen molar-refractivity contribution >= 4 is 39.2 Å². The summed E-state index contributed by atoms with van der Waals surface area (Å²) in [4.78, 5) is 34.0. The van der Waals surface area contributed by atoms with E-state index in [9.17, 15) is 9.59 Å². The Morgan fingerprint density at radius 1 is 0.938 bits per heavy atom. The molecule has 1 aliphatic rings. The molecule has 0 bridgehead atoms. The van der Waals surface area contributed by atoms with Gasteiger partial charge >= 0.3 is 0 Å². The van der Waals surface area contributed by atoms with Crippen molar-refractivity contribution in [3.63, 3.8) is 0 Å². The lowest BCUT2D eigenvalue weighted by Gasteiger charge is -2.23. The van der Waals surface area contributed by atoms with E-state index in [0.717, 1.165) is 35.4 Å². The molecule has 0 saturated carbocycles. The maximum absolute atomic E-state index is 12.8. The fraction of sp³-hybridized carbons (Fsp3) is 0.240. The van der Waals surface area contributed by atoms with Crippen LogP contribution in [-0.2, 0) is 0 Å². The van der Waals surface area contributed by atoms with Crippen molar-refractivity contribution in [1.29, 1.82) is 0 Å². The van der Waals surface area contributed by atoms with Crippen molar-refractivity contribution < 1.29 is 9.59 Å². The molecule has 6 nitrogen and oxygen atoms in total. The van der Waals surface area contributed by atoms with Crippen LogP contribution in [0.4, 0.5) is 11.5 Å². The average molecular weight is 493 g/mol. The number of carbonyl (C=O) groups excluding carboxylic acids is 2. The van der Waals surface area contributed by atoms with Gasteiger partial charge in [0.25, 0.3) is 11.8 Å². The van der Waals surface area contributed by atoms with Crippen LogP contribution in [0.2, 0.25) is 0 Å². The quantitative estimate of drug-likeness (QED) is 0.570. The van der Waals surface area contributed by atoms with E-state index in [1.54, 1.807) is 6.20 Å². The fourth-order valence-electron chi connectivity index (χ4n) is 3.80. The molecule has 0 atom stereocenters. The lowest BCUT2D eigenvalue weighted by molar-refractivity contribution is 0.0767. The molecular weight excluding hydrogens is 468 g/mol. The van der Waals surface area contributed by atoms with E-state index < -0.39 is 0 Å². The van der Waals surface area contributed by atoms with Crippen molar-refractivity contribution in [2.45, 2.75) is 13.3 Å². The highest BCUT2D eigenvalue weighted by Gasteiger charge is 2.21. The Kier molecular flexibility index (Phi) is 6.85. The lowest BCUT2D eigenvalue weighted by Crippen LogP contribution is -2.35.